The first kappa shape index (κ1) is 12.4. The van der Waals surface area contributed by atoms with Crippen LogP contribution >= 0.6 is 11.6 Å². The molecule has 0 radical (unpaired) electrons. The topological polar surface area (TPSA) is 76.8 Å². The summed E-state index contributed by atoms with van der Waals surface area (Å²) in [5.41, 5.74) is 14.9. The summed E-state index contributed by atoms with van der Waals surface area (Å²) in [5.74, 6) is 0. The standard InChI is InChI=1S/C13H13ClN4/c1-8-6-9(15)2-4-12(8)17-18-13-5-3-10(16)7-11(13)14/h2-7H,15-16H2,1H3/b18-17+. The average molecular weight is 261 g/mol. The van der Waals surface area contributed by atoms with E-state index in [2.05, 4.69) is 10.2 Å². The molecule has 0 aromatic heterocycles. The molecule has 5 heteroatoms. The van der Waals surface area contributed by atoms with Crippen LogP contribution in [0.15, 0.2) is 46.6 Å². The van der Waals surface area contributed by atoms with Crippen molar-refractivity contribution in [2.75, 3.05) is 11.5 Å². The summed E-state index contributed by atoms with van der Waals surface area (Å²) in [6.07, 6.45) is 0. The van der Waals surface area contributed by atoms with Gasteiger partial charge in [0.1, 0.15) is 5.69 Å². The molecule has 2 rings (SSSR count). The van der Waals surface area contributed by atoms with Crippen molar-refractivity contribution in [3.8, 4) is 0 Å². The van der Waals surface area contributed by atoms with Crippen molar-refractivity contribution in [1.82, 2.24) is 0 Å². The van der Waals surface area contributed by atoms with Crippen molar-refractivity contribution in [3.63, 3.8) is 0 Å². The molecule has 0 fully saturated rings. The second-order valence-electron chi connectivity index (χ2n) is 3.96. The van der Waals surface area contributed by atoms with Gasteiger partial charge in [-0.2, -0.15) is 5.11 Å². The van der Waals surface area contributed by atoms with Gasteiger partial charge in [0, 0.05) is 11.4 Å². The normalized spacial score (nSPS) is 11.0. The fourth-order valence-electron chi connectivity index (χ4n) is 1.50. The lowest BCUT2D eigenvalue weighted by molar-refractivity contribution is 1.21. The number of rotatable bonds is 2. The van der Waals surface area contributed by atoms with Crippen LogP contribution in [-0.4, -0.2) is 0 Å². The Balaban J connectivity index is 2.30. The van der Waals surface area contributed by atoms with Gasteiger partial charge in [0.05, 0.1) is 10.7 Å². The van der Waals surface area contributed by atoms with E-state index in [1.807, 2.05) is 19.1 Å². The molecule has 0 atom stereocenters. The molecule has 4 N–H and O–H groups in total. The van der Waals surface area contributed by atoms with Crippen molar-refractivity contribution in [1.29, 1.82) is 0 Å². The number of aryl methyl sites for hydroxylation is 1. The van der Waals surface area contributed by atoms with Gasteiger partial charge in [0.15, 0.2) is 0 Å². The van der Waals surface area contributed by atoms with E-state index in [1.54, 1.807) is 24.3 Å². The average Bonchev–Trinajstić information content (AvgIpc) is 2.30. The van der Waals surface area contributed by atoms with Crippen molar-refractivity contribution < 1.29 is 0 Å². The zero-order valence-electron chi connectivity index (χ0n) is 9.89. The minimum atomic E-state index is 0.479. The predicted octanol–water partition coefficient (Wildman–Crippen LogP) is 4.23. The minimum absolute atomic E-state index is 0.479. The van der Waals surface area contributed by atoms with Crippen LogP contribution in [0, 0.1) is 6.92 Å². The molecule has 18 heavy (non-hydrogen) atoms. The third kappa shape index (κ3) is 2.78. The maximum Gasteiger partial charge on any atom is 0.104 e. The Kier molecular flexibility index (Phi) is 3.48. The van der Waals surface area contributed by atoms with E-state index in [0.29, 0.717) is 22.1 Å². The predicted molar refractivity (Wildman–Crippen MR) is 75.6 cm³/mol. The summed E-state index contributed by atoms with van der Waals surface area (Å²) in [7, 11) is 0. The van der Waals surface area contributed by atoms with Crippen LogP contribution < -0.4 is 11.5 Å². The summed E-state index contributed by atoms with van der Waals surface area (Å²) in [6, 6.07) is 10.6. The smallest absolute Gasteiger partial charge is 0.104 e. The van der Waals surface area contributed by atoms with Crippen molar-refractivity contribution in [3.05, 3.63) is 47.0 Å². The molecule has 4 nitrogen and oxygen atoms in total. The van der Waals surface area contributed by atoms with E-state index in [4.69, 9.17) is 23.1 Å². The van der Waals surface area contributed by atoms with Crippen molar-refractivity contribution in [2.45, 2.75) is 6.92 Å². The third-order valence-corrected chi connectivity index (χ3v) is 2.76. The number of hydrogen-bond donors (Lipinski definition) is 2. The molecule has 2 aromatic carbocycles. The highest BCUT2D eigenvalue weighted by molar-refractivity contribution is 6.33. The molecule has 0 aliphatic rings. The Morgan fingerprint density at radius 1 is 0.889 bits per heavy atom. The maximum atomic E-state index is 6.01. The molecule has 0 spiro atoms. The zero-order chi connectivity index (χ0) is 13.1. The van der Waals surface area contributed by atoms with E-state index in [9.17, 15) is 0 Å². The van der Waals surface area contributed by atoms with Gasteiger partial charge in [0.25, 0.3) is 0 Å². The number of nitrogens with two attached hydrogens (primary N) is 2. The summed E-state index contributed by atoms with van der Waals surface area (Å²) in [6.45, 7) is 1.93. The molecular weight excluding hydrogens is 248 g/mol. The number of hydrogen-bond acceptors (Lipinski definition) is 4. The second-order valence-corrected chi connectivity index (χ2v) is 4.36. The molecule has 0 unspecified atom stereocenters. The first-order valence-corrected chi connectivity index (χ1v) is 5.77. The molecule has 2 aromatic rings. The Morgan fingerprint density at radius 2 is 1.44 bits per heavy atom. The zero-order valence-corrected chi connectivity index (χ0v) is 10.6. The van der Waals surface area contributed by atoms with Crippen LogP contribution in [0.4, 0.5) is 22.7 Å². The van der Waals surface area contributed by atoms with Gasteiger partial charge in [-0.3, -0.25) is 0 Å². The van der Waals surface area contributed by atoms with E-state index >= 15 is 0 Å². The minimum Gasteiger partial charge on any atom is -0.399 e. The van der Waals surface area contributed by atoms with Gasteiger partial charge in [-0.1, -0.05) is 11.6 Å². The Morgan fingerprint density at radius 3 is 2.06 bits per heavy atom. The number of halogens is 1. The van der Waals surface area contributed by atoms with Gasteiger partial charge in [-0.25, -0.2) is 0 Å². The van der Waals surface area contributed by atoms with Gasteiger partial charge >= 0.3 is 0 Å². The van der Waals surface area contributed by atoms with Gasteiger partial charge < -0.3 is 11.5 Å². The fraction of sp³-hybridized carbons (Fsp3) is 0.0769. The molecule has 0 amide bonds. The lowest BCUT2D eigenvalue weighted by Gasteiger charge is -2.01. The van der Waals surface area contributed by atoms with E-state index in [1.165, 1.54) is 0 Å². The summed E-state index contributed by atoms with van der Waals surface area (Å²) < 4.78 is 0. The monoisotopic (exact) mass is 260 g/mol. The van der Waals surface area contributed by atoms with E-state index in [0.717, 1.165) is 11.3 Å². The molecule has 0 heterocycles. The number of benzene rings is 2. The van der Waals surface area contributed by atoms with E-state index < -0.39 is 0 Å². The third-order valence-electron chi connectivity index (χ3n) is 2.46. The molecule has 0 aliphatic carbocycles. The lowest BCUT2D eigenvalue weighted by atomic mass is 10.2. The SMILES string of the molecule is Cc1cc(N)ccc1/N=N/c1ccc(N)cc1Cl. The largest absolute Gasteiger partial charge is 0.399 e. The molecule has 0 saturated heterocycles. The number of nitrogen functional groups attached to an aromatic ring is 2. The van der Waals surface area contributed by atoms with Crippen LogP contribution in [0.2, 0.25) is 5.02 Å². The Labute approximate surface area is 110 Å². The van der Waals surface area contributed by atoms with Crippen molar-refractivity contribution >= 4 is 34.4 Å². The molecule has 0 saturated carbocycles. The highest BCUT2D eigenvalue weighted by Gasteiger charge is 2.00. The van der Waals surface area contributed by atoms with Crippen LogP contribution in [0.5, 0.6) is 0 Å². The molecule has 0 bridgehead atoms. The van der Waals surface area contributed by atoms with Crippen LogP contribution in [-0.2, 0) is 0 Å². The van der Waals surface area contributed by atoms with E-state index in [-0.39, 0.29) is 0 Å². The number of anilines is 2. The highest BCUT2D eigenvalue weighted by atomic mass is 35.5. The summed E-state index contributed by atoms with van der Waals surface area (Å²) in [5, 5.41) is 8.73. The van der Waals surface area contributed by atoms with Gasteiger partial charge in [0.2, 0.25) is 0 Å². The number of azo groups is 1. The van der Waals surface area contributed by atoms with Crippen molar-refractivity contribution in [2.24, 2.45) is 10.2 Å². The van der Waals surface area contributed by atoms with Crippen LogP contribution in [0.3, 0.4) is 0 Å². The van der Waals surface area contributed by atoms with Gasteiger partial charge in [-0.15, -0.1) is 5.11 Å². The fourth-order valence-corrected chi connectivity index (χ4v) is 1.73. The lowest BCUT2D eigenvalue weighted by Crippen LogP contribution is -1.84. The molecule has 0 aliphatic heterocycles. The molecular formula is C13H13ClN4. The summed E-state index contributed by atoms with van der Waals surface area (Å²) in [4.78, 5) is 0. The number of nitrogens with zero attached hydrogens (tertiary/aromatic N) is 2. The Bertz CT molecular complexity index is 554. The van der Waals surface area contributed by atoms with Crippen LogP contribution in [0.1, 0.15) is 5.56 Å². The Hall–Kier alpha value is -2.07. The quantitative estimate of drug-likeness (QED) is 0.626. The highest BCUT2D eigenvalue weighted by Crippen LogP contribution is 2.29. The molecule has 92 valence electrons. The van der Waals surface area contributed by atoms with Gasteiger partial charge in [-0.05, 0) is 48.9 Å². The maximum absolute atomic E-state index is 6.01. The summed E-state index contributed by atoms with van der Waals surface area (Å²) >= 11 is 6.01. The second kappa shape index (κ2) is 5.06. The first-order chi connectivity index (χ1) is 8.56. The first-order valence-electron chi connectivity index (χ1n) is 5.39. The van der Waals surface area contributed by atoms with Crippen LogP contribution in [0.25, 0.3) is 0 Å².